The molecule has 2 unspecified atom stereocenters. The zero-order valence-electron chi connectivity index (χ0n) is 22.7. The minimum absolute atomic E-state index is 0.0155. The van der Waals surface area contributed by atoms with Crippen molar-refractivity contribution in [3.8, 4) is 0 Å². The van der Waals surface area contributed by atoms with E-state index in [0.29, 0.717) is 38.9 Å². The van der Waals surface area contributed by atoms with Crippen LogP contribution in [0.15, 0.2) is 55.6 Å². The molecule has 3 aliphatic heterocycles. The fourth-order valence-corrected chi connectivity index (χ4v) is 6.92. The highest BCUT2D eigenvalue weighted by Crippen LogP contribution is 2.64. The van der Waals surface area contributed by atoms with Gasteiger partial charge in [0.15, 0.2) is 0 Å². The maximum absolute atomic E-state index is 14.4. The quantitative estimate of drug-likeness (QED) is 0.401. The summed E-state index contributed by atoms with van der Waals surface area (Å²) >= 11 is 0. The van der Waals surface area contributed by atoms with Crippen molar-refractivity contribution in [2.45, 2.75) is 63.2 Å². The second-order valence-corrected chi connectivity index (χ2v) is 10.6. The minimum Gasteiger partial charge on any atom is -0.395 e. The lowest BCUT2D eigenvalue weighted by atomic mass is 9.64. The van der Waals surface area contributed by atoms with Gasteiger partial charge < -0.3 is 24.5 Å². The molecule has 8 heteroatoms. The van der Waals surface area contributed by atoms with E-state index in [1.54, 1.807) is 22.0 Å². The summed E-state index contributed by atoms with van der Waals surface area (Å²) in [5, 5.41) is 9.87. The Labute approximate surface area is 225 Å². The van der Waals surface area contributed by atoms with Crippen molar-refractivity contribution in [1.29, 1.82) is 0 Å². The van der Waals surface area contributed by atoms with E-state index >= 15 is 0 Å². The smallest absolute Gasteiger partial charge is 0.248 e. The molecule has 0 aliphatic carbocycles. The maximum Gasteiger partial charge on any atom is 0.248 e. The molecule has 1 aromatic carbocycles. The Bertz CT molecular complexity index is 1060. The molecule has 38 heavy (non-hydrogen) atoms. The van der Waals surface area contributed by atoms with E-state index in [-0.39, 0.29) is 30.9 Å². The summed E-state index contributed by atoms with van der Waals surface area (Å²) in [7, 11) is 0. The summed E-state index contributed by atoms with van der Waals surface area (Å²) in [5.41, 5.74) is -1.22. The predicted octanol–water partition coefficient (Wildman–Crippen LogP) is 3.17. The van der Waals surface area contributed by atoms with Crippen LogP contribution >= 0.6 is 0 Å². The van der Waals surface area contributed by atoms with Gasteiger partial charge in [-0.2, -0.15) is 0 Å². The Morgan fingerprint density at radius 3 is 2.45 bits per heavy atom. The molecule has 3 heterocycles. The van der Waals surface area contributed by atoms with Gasteiger partial charge in [-0.3, -0.25) is 14.4 Å². The first-order valence-corrected chi connectivity index (χ1v) is 13.8. The standard InChI is InChI=1S/C30H41N3O5/c1-5-9-19-31(17-6-2)28(37)25-30-16-15-29(8-4,38-30)23(24(30)27(36)33(25)20-21-34)26(35)32(18-7-3)22-13-11-10-12-14-22/h6-7,10-14,23-25,34H,2-3,5,8-9,15-21H2,1,4H3/t23-,24+,25?,29+,30?/m1/s1. The van der Waals surface area contributed by atoms with E-state index in [1.165, 1.54) is 4.90 Å². The average molecular weight is 524 g/mol. The molecule has 3 amide bonds. The molecule has 0 aromatic heterocycles. The molecule has 0 radical (unpaired) electrons. The number of hydrogen-bond donors (Lipinski definition) is 1. The van der Waals surface area contributed by atoms with Gasteiger partial charge >= 0.3 is 0 Å². The van der Waals surface area contributed by atoms with Crippen molar-refractivity contribution in [1.82, 2.24) is 9.80 Å². The molecule has 3 saturated heterocycles. The van der Waals surface area contributed by atoms with Crippen LogP contribution < -0.4 is 4.90 Å². The minimum atomic E-state index is -1.11. The SMILES string of the molecule is C=CCN(CCCC)C(=O)C1N(CCO)C(=O)[C@@H]2[C@H](C(=O)N(CC=C)c3ccccc3)[C@]3(CC)CCC12O3. The van der Waals surface area contributed by atoms with E-state index < -0.39 is 29.1 Å². The third kappa shape index (κ3) is 4.37. The average Bonchev–Trinajstić information content (AvgIpc) is 3.53. The van der Waals surface area contributed by atoms with Crippen LogP contribution in [-0.2, 0) is 19.1 Å². The summed E-state index contributed by atoms with van der Waals surface area (Å²) < 4.78 is 6.84. The van der Waals surface area contributed by atoms with Gasteiger partial charge in [-0.05, 0) is 37.8 Å². The van der Waals surface area contributed by atoms with E-state index in [1.807, 2.05) is 37.3 Å². The first-order valence-electron chi connectivity index (χ1n) is 13.8. The zero-order chi connectivity index (χ0) is 27.5. The van der Waals surface area contributed by atoms with Crippen LogP contribution in [-0.4, -0.2) is 82.7 Å². The second kappa shape index (κ2) is 11.4. The van der Waals surface area contributed by atoms with Crippen molar-refractivity contribution in [2.24, 2.45) is 11.8 Å². The van der Waals surface area contributed by atoms with Gasteiger partial charge in [0.25, 0.3) is 0 Å². The highest BCUT2D eigenvalue weighted by atomic mass is 16.5. The van der Waals surface area contributed by atoms with Gasteiger partial charge in [-0.15, -0.1) is 13.2 Å². The highest BCUT2D eigenvalue weighted by molar-refractivity contribution is 6.03. The molecule has 1 N–H and O–H groups in total. The molecule has 8 nitrogen and oxygen atoms in total. The molecule has 2 bridgehead atoms. The lowest BCUT2D eigenvalue weighted by Gasteiger charge is -2.37. The number of ether oxygens (including phenoxy) is 1. The van der Waals surface area contributed by atoms with E-state index in [0.717, 1.165) is 18.5 Å². The lowest BCUT2D eigenvalue weighted by Crippen LogP contribution is -2.56. The van der Waals surface area contributed by atoms with Crippen LogP contribution in [0.4, 0.5) is 5.69 Å². The number of aliphatic hydroxyl groups is 1. The molecule has 5 atom stereocenters. The molecule has 1 aromatic rings. The van der Waals surface area contributed by atoms with Crippen LogP contribution in [0.1, 0.15) is 46.0 Å². The van der Waals surface area contributed by atoms with Crippen LogP contribution in [0.2, 0.25) is 0 Å². The third-order valence-electron chi connectivity index (χ3n) is 8.61. The molecule has 3 aliphatic rings. The zero-order valence-corrected chi connectivity index (χ0v) is 22.7. The number of anilines is 1. The fourth-order valence-electron chi connectivity index (χ4n) is 6.92. The van der Waals surface area contributed by atoms with Crippen LogP contribution in [0.3, 0.4) is 0 Å². The lowest BCUT2D eigenvalue weighted by molar-refractivity contribution is -0.153. The number of aliphatic hydroxyl groups excluding tert-OH is 1. The molecular weight excluding hydrogens is 482 g/mol. The first kappa shape index (κ1) is 28.0. The van der Waals surface area contributed by atoms with E-state index in [4.69, 9.17) is 4.74 Å². The summed E-state index contributed by atoms with van der Waals surface area (Å²) in [4.78, 5) is 47.5. The summed E-state index contributed by atoms with van der Waals surface area (Å²) in [6, 6.07) is 8.48. The largest absolute Gasteiger partial charge is 0.395 e. The van der Waals surface area contributed by atoms with Crippen molar-refractivity contribution in [2.75, 3.05) is 37.7 Å². The Morgan fingerprint density at radius 2 is 1.84 bits per heavy atom. The number of benzene rings is 1. The van der Waals surface area contributed by atoms with Crippen molar-refractivity contribution < 1.29 is 24.2 Å². The Hall–Kier alpha value is -2.97. The highest BCUT2D eigenvalue weighted by Gasteiger charge is 2.79. The van der Waals surface area contributed by atoms with Gasteiger partial charge in [0.1, 0.15) is 11.6 Å². The molecule has 206 valence electrons. The summed E-state index contributed by atoms with van der Waals surface area (Å²) in [6.45, 7) is 12.6. The number of hydrogen-bond acceptors (Lipinski definition) is 5. The molecule has 1 spiro atoms. The fraction of sp³-hybridized carbons (Fsp3) is 0.567. The number of amides is 3. The summed E-state index contributed by atoms with van der Waals surface area (Å²) in [6.07, 6.45) is 6.77. The monoisotopic (exact) mass is 523 g/mol. The second-order valence-electron chi connectivity index (χ2n) is 10.6. The van der Waals surface area contributed by atoms with Gasteiger partial charge in [0.2, 0.25) is 17.7 Å². The predicted molar refractivity (Wildman–Crippen MR) is 146 cm³/mol. The van der Waals surface area contributed by atoms with Crippen molar-refractivity contribution in [3.05, 3.63) is 55.6 Å². The Balaban J connectivity index is 1.79. The van der Waals surface area contributed by atoms with Crippen LogP contribution in [0, 0.1) is 11.8 Å². The topological polar surface area (TPSA) is 90.4 Å². The number of carbonyl (C=O) groups excluding carboxylic acids is 3. The number of unbranched alkanes of at least 4 members (excludes halogenated alkanes) is 1. The number of para-hydroxylation sites is 1. The molecular formula is C30H41N3O5. The number of likely N-dealkylation sites (tertiary alicyclic amines) is 1. The third-order valence-corrected chi connectivity index (χ3v) is 8.61. The Morgan fingerprint density at radius 1 is 1.13 bits per heavy atom. The first-order chi connectivity index (χ1) is 18.4. The molecule has 4 rings (SSSR count). The van der Waals surface area contributed by atoms with Gasteiger partial charge in [0.05, 0.1) is 24.0 Å². The number of nitrogens with zero attached hydrogens (tertiary/aromatic N) is 3. The van der Waals surface area contributed by atoms with Crippen LogP contribution in [0.5, 0.6) is 0 Å². The number of fused-ring (bicyclic) bond motifs is 1. The normalized spacial score (nSPS) is 29.3. The molecule has 0 saturated carbocycles. The van der Waals surface area contributed by atoms with E-state index in [9.17, 15) is 19.5 Å². The summed E-state index contributed by atoms with van der Waals surface area (Å²) in [5.74, 6) is -2.21. The number of rotatable bonds is 13. The van der Waals surface area contributed by atoms with Gasteiger partial charge in [0, 0.05) is 31.9 Å². The van der Waals surface area contributed by atoms with Gasteiger partial charge in [-0.1, -0.05) is 50.6 Å². The maximum atomic E-state index is 14.4. The number of β-amino-alcohol motifs (C(OH)–C–C–N with tert-alkyl or cyclic N) is 1. The van der Waals surface area contributed by atoms with Crippen LogP contribution in [0.25, 0.3) is 0 Å². The van der Waals surface area contributed by atoms with Crippen molar-refractivity contribution in [3.63, 3.8) is 0 Å². The number of carbonyl (C=O) groups is 3. The van der Waals surface area contributed by atoms with Crippen molar-refractivity contribution >= 4 is 23.4 Å². The Kier molecular flexibility index (Phi) is 8.43. The van der Waals surface area contributed by atoms with Gasteiger partial charge in [-0.25, -0.2) is 0 Å². The van der Waals surface area contributed by atoms with E-state index in [2.05, 4.69) is 20.1 Å². The molecule has 3 fully saturated rings.